The van der Waals surface area contributed by atoms with Crippen LogP contribution < -0.4 is 0 Å². The van der Waals surface area contributed by atoms with E-state index in [-0.39, 0.29) is 5.41 Å². The van der Waals surface area contributed by atoms with Crippen molar-refractivity contribution >= 4 is 0 Å². The van der Waals surface area contributed by atoms with E-state index in [1.165, 1.54) is 5.57 Å². The van der Waals surface area contributed by atoms with E-state index in [1.807, 2.05) is 0 Å². The highest BCUT2D eigenvalue weighted by Gasteiger charge is 2.60. The highest BCUT2D eigenvalue weighted by atomic mass is 14.6. The van der Waals surface area contributed by atoms with Gasteiger partial charge in [0.15, 0.2) is 5.41 Å². The van der Waals surface area contributed by atoms with Crippen LogP contribution in [0.3, 0.4) is 0 Å². The quantitative estimate of drug-likeness (QED) is 0.612. The third-order valence-corrected chi connectivity index (χ3v) is 5.53. The first kappa shape index (κ1) is 12.2. The van der Waals surface area contributed by atoms with Crippen LogP contribution in [0.25, 0.3) is 0 Å². The maximum Gasteiger partial charge on any atom is 0.169 e. The summed E-state index contributed by atoms with van der Waals surface area (Å²) in [6, 6.07) is 4.58. The first-order valence-corrected chi connectivity index (χ1v) is 6.79. The summed E-state index contributed by atoms with van der Waals surface area (Å²) < 4.78 is 0. The second-order valence-corrected chi connectivity index (χ2v) is 6.81. The van der Waals surface area contributed by atoms with Gasteiger partial charge in [-0.2, -0.15) is 10.5 Å². The van der Waals surface area contributed by atoms with Crippen molar-refractivity contribution in [2.75, 3.05) is 0 Å². The molecule has 4 aliphatic rings. The normalized spacial score (nSPS) is 33.9. The van der Waals surface area contributed by atoms with Gasteiger partial charge in [0.25, 0.3) is 0 Å². The summed E-state index contributed by atoms with van der Waals surface area (Å²) in [5.74, 6) is 0.877. The fraction of sp³-hybridized carbons (Fsp3) is 0.529. The van der Waals surface area contributed by atoms with E-state index in [0.717, 1.165) is 29.6 Å². The molecule has 2 atom stereocenters. The third kappa shape index (κ3) is 1.25. The Morgan fingerprint density at radius 1 is 1.16 bits per heavy atom. The Kier molecular flexibility index (Phi) is 2.19. The molecule has 0 aromatic rings. The second-order valence-electron chi connectivity index (χ2n) is 6.81. The second kappa shape index (κ2) is 3.40. The summed E-state index contributed by atoms with van der Waals surface area (Å²) in [4.78, 5) is 0. The van der Waals surface area contributed by atoms with Crippen LogP contribution in [0.2, 0.25) is 0 Å². The lowest BCUT2D eigenvalue weighted by Crippen LogP contribution is -2.54. The molecular formula is C17H18N2. The lowest BCUT2D eigenvalue weighted by molar-refractivity contribution is 0.00989. The number of nitriles is 2. The minimum Gasteiger partial charge on any atom is -0.196 e. The number of allylic oxidation sites excluding steroid dienone is 4. The van der Waals surface area contributed by atoms with Crippen molar-refractivity contribution in [3.63, 3.8) is 0 Å². The van der Waals surface area contributed by atoms with Crippen LogP contribution in [-0.4, -0.2) is 0 Å². The van der Waals surface area contributed by atoms with Gasteiger partial charge in [-0.3, -0.25) is 0 Å². The molecule has 0 unspecified atom stereocenters. The van der Waals surface area contributed by atoms with Crippen LogP contribution in [0.1, 0.15) is 33.1 Å². The molecule has 0 aliphatic heterocycles. The monoisotopic (exact) mass is 250 g/mol. The molecule has 0 saturated heterocycles. The van der Waals surface area contributed by atoms with E-state index in [0.29, 0.717) is 18.3 Å². The largest absolute Gasteiger partial charge is 0.196 e. The lowest BCUT2D eigenvalue weighted by atomic mass is 9.41. The van der Waals surface area contributed by atoms with Gasteiger partial charge < -0.3 is 0 Å². The van der Waals surface area contributed by atoms with Crippen molar-refractivity contribution in [2.24, 2.45) is 22.7 Å². The molecule has 0 spiro atoms. The molecule has 1 fully saturated rings. The molecule has 96 valence electrons. The zero-order valence-corrected chi connectivity index (χ0v) is 11.6. The zero-order valence-electron chi connectivity index (χ0n) is 11.6. The van der Waals surface area contributed by atoms with Gasteiger partial charge >= 0.3 is 0 Å². The summed E-state index contributed by atoms with van der Waals surface area (Å²) in [5.41, 5.74) is 3.52. The van der Waals surface area contributed by atoms with Gasteiger partial charge in [0.05, 0.1) is 12.1 Å². The summed E-state index contributed by atoms with van der Waals surface area (Å²) in [6.45, 7) is 12.8. The van der Waals surface area contributed by atoms with E-state index in [2.05, 4.69) is 39.1 Å². The van der Waals surface area contributed by atoms with E-state index in [9.17, 15) is 10.5 Å². The van der Waals surface area contributed by atoms with Gasteiger partial charge in [-0.15, -0.1) is 0 Å². The molecule has 4 rings (SSSR count). The van der Waals surface area contributed by atoms with E-state index >= 15 is 0 Å². The van der Waals surface area contributed by atoms with Crippen molar-refractivity contribution in [3.05, 3.63) is 35.5 Å². The highest BCUT2D eigenvalue weighted by molar-refractivity contribution is 5.57. The SMILES string of the molecule is C=C1CC2=C([C@H]3C[C@@H](C2=C)C3(C)C)C(C#N)(C#N)C1. The standard InChI is InChI=1S/C17H18N2/c1-10-5-12-11(2)13-6-14(16(13,3)4)15(12)17(7-10,8-18)9-19/h13-14H,1-2,5-7H2,3-4H3/t13-,14+/m0/s1. The molecule has 0 amide bonds. The Morgan fingerprint density at radius 3 is 2.32 bits per heavy atom. The average Bonchev–Trinajstić information content (AvgIpc) is 2.37. The minimum atomic E-state index is -0.999. The summed E-state index contributed by atoms with van der Waals surface area (Å²) in [7, 11) is 0. The van der Waals surface area contributed by atoms with E-state index in [4.69, 9.17) is 0 Å². The smallest absolute Gasteiger partial charge is 0.169 e. The molecule has 0 heterocycles. The van der Waals surface area contributed by atoms with Crippen LogP contribution in [0.15, 0.2) is 35.5 Å². The van der Waals surface area contributed by atoms with Gasteiger partial charge in [-0.1, -0.05) is 32.6 Å². The zero-order chi connectivity index (χ0) is 14.0. The molecular weight excluding hydrogens is 232 g/mol. The lowest BCUT2D eigenvalue weighted by Gasteiger charge is -2.61. The number of nitrogens with zero attached hydrogens (tertiary/aromatic N) is 2. The first-order valence-electron chi connectivity index (χ1n) is 6.79. The van der Waals surface area contributed by atoms with Crippen molar-refractivity contribution in [2.45, 2.75) is 33.1 Å². The Labute approximate surface area is 114 Å². The predicted octanol–water partition coefficient (Wildman–Crippen LogP) is 3.90. The van der Waals surface area contributed by atoms with Crippen molar-refractivity contribution in [3.8, 4) is 12.1 Å². The molecule has 2 nitrogen and oxygen atoms in total. The Hall–Kier alpha value is -1.80. The number of hydrogen-bond donors (Lipinski definition) is 0. The Bertz CT molecular complexity index is 605. The van der Waals surface area contributed by atoms with Gasteiger partial charge in [0.2, 0.25) is 0 Å². The van der Waals surface area contributed by atoms with Crippen molar-refractivity contribution < 1.29 is 0 Å². The topological polar surface area (TPSA) is 47.6 Å². The fourth-order valence-electron chi connectivity index (χ4n) is 4.37. The van der Waals surface area contributed by atoms with Gasteiger partial charge in [0.1, 0.15) is 0 Å². The molecule has 1 saturated carbocycles. The predicted molar refractivity (Wildman–Crippen MR) is 73.6 cm³/mol. The number of hydrogen-bond acceptors (Lipinski definition) is 2. The van der Waals surface area contributed by atoms with E-state index in [1.54, 1.807) is 0 Å². The van der Waals surface area contributed by atoms with Crippen LogP contribution >= 0.6 is 0 Å². The van der Waals surface area contributed by atoms with Crippen LogP contribution in [-0.2, 0) is 0 Å². The Morgan fingerprint density at radius 2 is 1.79 bits per heavy atom. The Balaban J connectivity index is 2.26. The van der Waals surface area contributed by atoms with Gasteiger partial charge in [0, 0.05) is 6.42 Å². The van der Waals surface area contributed by atoms with Crippen LogP contribution in [0.5, 0.6) is 0 Å². The minimum absolute atomic E-state index is 0.146. The maximum atomic E-state index is 9.61. The van der Waals surface area contributed by atoms with Crippen LogP contribution in [0, 0.1) is 45.3 Å². The molecule has 2 heteroatoms. The molecule has 2 bridgehead atoms. The average molecular weight is 250 g/mol. The number of rotatable bonds is 0. The van der Waals surface area contributed by atoms with E-state index < -0.39 is 5.41 Å². The van der Waals surface area contributed by atoms with Crippen molar-refractivity contribution in [1.29, 1.82) is 10.5 Å². The van der Waals surface area contributed by atoms with Gasteiger partial charge in [-0.05, 0) is 46.8 Å². The highest BCUT2D eigenvalue weighted by Crippen LogP contribution is 2.68. The molecule has 4 aliphatic carbocycles. The third-order valence-electron chi connectivity index (χ3n) is 5.53. The summed E-state index contributed by atoms with van der Waals surface area (Å²) in [6.07, 6.45) is 2.36. The fourth-order valence-corrected chi connectivity index (χ4v) is 4.37. The van der Waals surface area contributed by atoms with Gasteiger partial charge in [-0.25, -0.2) is 0 Å². The molecule has 19 heavy (non-hydrogen) atoms. The molecule has 0 radical (unpaired) electrons. The summed E-state index contributed by atoms with van der Waals surface area (Å²) in [5, 5.41) is 19.2. The van der Waals surface area contributed by atoms with Crippen LogP contribution in [0.4, 0.5) is 0 Å². The maximum absolute atomic E-state index is 9.61. The molecule has 0 N–H and O–H groups in total. The first-order chi connectivity index (χ1) is 8.87. The van der Waals surface area contributed by atoms with Crippen molar-refractivity contribution in [1.82, 2.24) is 0 Å². The summed E-state index contributed by atoms with van der Waals surface area (Å²) >= 11 is 0. The molecule has 0 aromatic heterocycles. The molecule has 0 aromatic carbocycles.